The standard InChI is InChI=1S/C10H13N3O3S/c1-2-16-10(15)13-17-9-5-3-8(4-6-9)12-11-7-14/h3-7,12H,2H2,1H3,(H,11,14)(H,13,15). The number of amides is 2. The molecule has 0 fully saturated rings. The number of benzene rings is 1. The smallest absolute Gasteiger partial charge is 0.417 e. The molecule has 6 nitrogen and oxygen atoms in total. The number of anilines is 1. The molecule has 0 aliphatic rings. The van der Waals surface area contributed by atoms with Gasteiger partial charge in [-0.1, -0.05) is 0 Å². The van der Waals surface area contributed by atoms with Gasteiger partial charge in [-0.15, -0.1) is 0 Å². The van der Waals surface area contributed by atoms with Crippen LogP contribution in [-0.2, 0) is 9.53 Å². The van der Waals surface area contributed by atoms with Crippen molar-refractivity contribution in [3.05, 3.63) is 24.3 Å². The summed E-state index contributed by atoms with van der Waals surface area (Å²) in [5.74, 6) is 0. The molecule has 0 aliphatic carbocycles. The van der Waals surface area contributed by atoms with Gasteiger partial charge in [0.2, 0.25) is 6.41 Å². The number of ether oxygens (including phenoxy) is 1. The number of hydrogen-bond acceptors (Lipinski definition) is 5. The van der Waals surface area contributed by atoms with Gasteiger partial charge in [-0.2, -0.15) is 0 Å². The fourth-order valence-corrected chi connectivity index (χ4v) is 1.51. The Kier molecular flexibility index (Phi) is 5.73. The Morgan fingerprint density at radius 2 is 2.12 bits per heavy atom. The molecule has 0 saturated heterocycles. The van der Waals surface area contributed by atoms with E-state index < -0.39 is 6.09 Å². The van der Waals surface area contributed by atoms with Crippen molar-refractivity contribution in [2.75, 3.05) is 12.0 Å². The van der Waals surface area contributed by atoms with Crippen LogP contribution in [0.15, 0.2) is 29.2 Å². The largest absolute Gasteiger partial charge is 0.449 e. The molecule has 0 unspecified atom stereocenters. The lowest BCUT2D eigenvalue weighted by Crippen LogP contribution is -2.18. The van der Waals surface area contributed by atoms with Crippen LogP contribution in [-0.4, -0.2) is 19.1 Å². The van der Waals surface area contributed by atoms with E-state index in [1.54, 1.807) is 31.2 Å². The van der Waals surface area contributed by atoms with Gasteiger partial charge in [0.1, 0.15) is 0 Å². The zero-order valence-corrected chi connectivity index (χ0v) is 10.0. The molecule has 0 aliphatic heterocycles. The van der Waals surface area contributed by atoms with E-state index in [-0.39, 0.29) is 0 Å². The van der Waals surface area contributed by atoms with Crippen molar-refractivity contribution < 1.29 is 14.3 Å². The first kappa shape index (κ1) is 13.2. The van der Waals surface area contributed by atoms with Gasteiger partial charge < -0.3 is 4.74 Å². The van der Waals surface area contributed by atoms with Gasteiger partial charge in [0.05, 0.1) is 12.3 Å². The summed E-state index contributed by atoms with van der Waals surface area (Å²) < 4.78 is 7.23. The Hall–Kier alpha value is -1.89. The summed E-state index contributed by atoms with van der Waals surface area (Å²) in [7, 11) is 0. The van der Waals surface area contributed by atoms with E-state index in [0.717, 1.165) is 22.5 Å². The van der Waals surface area contributed by atoms with E-state index in [1.165, 1.54) is 0 Å². The molecule has 0 aromatic heterocycles. The van der Waals surface area contributed by atoms with E-state index in [9.17, 15) is 9.59 Å². The Bertz CT molecular complexity index is 370. The lowest BCUT2D eigenvalue weighted by molar-refractivity contribution is -0.109. The molecule has 3 N–H and O–H groups in total. The first-order valence-electron chi connectivity index (χ1n) is 4.91. The second-order valence-electron chi connectivity index (χ2n) is 2.84. The van der Waals surface area contributed by atoms with Gasteiger partial charge in [0, 0.05) is 4.90 Å². The quantitative estimate of drug-likeness (QED) is 0.408. The van der Waals surface area contributed by atoms with Crippen LogP contribution in [0.1, 0.15) is 6.92 Å². The van der Waals surface area contributed by atoms with Crippen molar-refractivity contribution in [1.82, 2.24) is 10.1 Å². The molecule has 17 heavy (non-hydrogen) atoms. The van der Waals surface area contributed by atoms with Crippen LogP contribution in [0.2, 0.25) is 0 Å². The molecular weight excluding hydrogens is 242 g/mol. The third-order valence-corrected chi connectivity index (χ3v) is 2.43. The summed E-state index contributed by atoms with van der Waals surface area (Å²) in [5, 5.41) is 0. The van der Waals surface area contributed by atoms with E-state index in [2.05, 4.69) is 15.6 Å². The molecule has 92 valence electrons. The fraction of sp³-hybridized carbons (Fsp3) is 0.200. The van der Waals surface area contributed by atoms with Gasteiger partial charge in [-0.25, -0.2) is 4.79 Å². The van der Waals surface area contributed by atoms with Gasteiger partial charge in [-0.3, -0.25) is 20.4 Å². The number of hydrogen-bond donors (Lipinski definition) is 3. The number of carbonyl (C=O) groups is 2. The number of nitrogens with one attached hydrogen (secondary N) is 3. The first-order chi connectivity index (χ1) is 8.26. The highest BCUT2D eigenvalue weighted by Gasteiger charge is 2.01. The van der Waals surface area contributed by atoms with Crippen molar-refractivity contribution in [3.63, 3.8) is 0 Å². The molecule has 0 saturated carbocycles. The molecule has 7 heteroatoms. The van der Waals surface area contributed by atoms with Crippen LogP contribution in [0, 0.1) is 0 Å². The van der Waals surface area contributed by atoms with Crippen molar-refractivity contribution >= 4 is 30.1 Å². The molecule has 0 heterocycles. The molecule has 1 rings (SSSR count). The second kappa shape index (κ2) is 7.39. The molecular formula is C10H13N3O3S. The molecule has 2 amide bonds. The summed E-state index contributed by atoms with van der Waals surface area (Å²) >= 11 is 1.16. The van der Waals surface area contributed by atoms with Crippen LogP contribution in [0.25, 0.3) is 0 Å². The van der Waals surface area contributed by atoms with Crippen LogP contribution in [0.4, 0.5) is 10.5 Å². The first-order valence-corrected chi connectivity index (χ1v) is 5.72. The van der Waals surface area contributed by atoms with E-state index >= 15 is 0 Å². The minimum Gasteiger partial charge on any atom is -0.449 e. The fourth-order valence-electron chi connectivity index (χ4n) is 0.980. The third kappa shape index (κ3) is 5.12. The van der Waals surface area contributed by atoms with E-state index in [4.69, 9.17) is 4.74 Å². The maximum atomic E-state index is 11.0. The van der Waals surface area contributed by atoms with Gasteiger partial charge in [0.15, 0.2) is 0 Å². The van der Waals surface area contributed by atoms with Crippen molar-refractivity contribution in [3.8, 4) is 0 Å². The average molecular weight is 255 g/mol. The van der Waals surface area contributed by atoms with Crippen LogP contribution < -0.4 is 15.6 Å². The predicted molar refractivity (Wildman–Crippen MR) is 65.3 cm³/mol. The highest BCUT2D eigenvalue weighted by atomic mass is 32.2. The number of carbonyl (C=O) groups excluding carboxylic acids is 2. The monoisotopic (exact) mass is 255 g/mol. The Morgan fingerprint density at radius 1 is 1.41 bits per heavy atom. The normalized spacial score (nSPS) is 9.24. The van der Waals surface area contributed by atoms with Crippen LogP contribution in [0.5, 0.6) is 0 Å². The third-order valence-electron chi connectivity index (χ3n) is 1.66. The van der Waals surface area contributed by atoms with Crippen molar-refractivity contribution in [2.24, 2.45) is 0 Å². The predicted octanol–water partition coefficient (Wildman–Crippen LogP) is 1.51. The summed E-state index contributed by atoms with van der Waals surface area (Å²) in [6, 6.07) is 7.13. The minimum absolute atomic E-state index is 0.340. The summed E-state index contributed by atoms with van der Waals surface area (Å²) in [5.41, 5.74) is 5.74. The zero-order valence-electron chi connectivity index (χ0n) is 9.23. The van der Waals surface area contributed by atoms with Gasteiger partial charge in [0.25, 0.3) is 0 Å². The van der Waals surface area contributed by atoms with Crippen LogP contribution >= 0.6 is 11.9 Å². The molecule has 0 spiro atoms. The summed E-state index contributed by atoms with van der Waals surface area (Å²) in [6.07, 6.45) is 0.0765. The Labute approximate surface area is 103 Å². The highest BCUT2D eigenvalue weighted by Crippen LogP contribution is 2.17. The molecule has 0 radical (unpaired) electrons. The lowest BCUT2D eigenvalue weighted by atomic mass is 10.3. The van der Waals surface area contributed by atoms with E-state index in [1.807, 2.05) is 0 Å². The Morgan fingerprint density at radius 3 is 2.71 bits per heavy atom. The molecule has 0 bridgehead atoms. The van der Waals surface area contributed by atoms with Gasteiger partial charge >= 0.3 is 6.09 Å². The SMILES string of the molecule is CCOC(=O)NSc1ccc(NNC=O)cc1. The summed E-state index contributed by atoms with van der Waals surface area (Å²) in [6.45, 7) is 2.08. The summed E-state index contributed by atoms with van der Waals surface area (Å²) in [4.78, 5) is 21.9. The lowest BCUT2D eigenvalue weighted by Gasteiger charge is -2.06. The van der Waals surface area contributed by atoms with Gasteiger partial charge in [-0.05, 0) is 43.1 Å². The molecule has 1 aromatic carbocycles. The average Bonchev–Trinajstić information content (AvgIpc) is 2.35. The van der Waals surface area contributed by atoms with E-state index in [0.29, 0.717) is 13.0 Å². The zero-order chi connectivity index (χ0) is 12.5. The molecule has 0 atom stereocenters. The number of hydrazine groups is 1. The van der Waals surface area contributed by atoms with Crippen LogP contribution in [0.3, 0.4) is 0 Å². The minimum atomic E-state index is -0.470. The second-order valence-corrected chi connectivity index (χ2v) is 3.72. The number of rotatable bonds is 6. The van der Waals surface area contributed by atoms with Crippen molar-refractivity contribution in [1.29, 1.82) is 0 Å². The molecule has 1 aromatic rings. The van der Waals surface area contributed by atoms with Crippen molar-refractivity contribution in [2.45, 2.75) is 11.8 Å². The Balaban J connectivity index is 2.39. The topological polar surface area (TPSA) is 79.5 Å². The maximum Gasteiger partial charge on any atom is 0.417 e. The highest BCUT2D eigenvalue weighted by molar-refractivity contribution is 7.98. The maximum absolute atomic E-state index is 11.0.